The molecule has 1 unspecified atom stereocenters. The van der Waals surface area contributed by atoms with E-state index < -0.39 is 53.5 Å². The second kappa shape index (κ2) is 24.6. The van der Waals surface area contributed by atoms with E-state index in [1.807, 2.05) is 17.0 Å². The fraction of sp³-hybridized carbons (Fsp3) is 0.451. The molecule has 4 fully saturated rings. The van der Waals surface area contributed by atoms with Crippen molar-refractivity contribution in [3.8, 4) is 11.8 Å². The smallest absolute Gasteiger partial charge is 0.399 e. The summed E-state index contributed by atoms with van der Waals surface area (Å²) >= 11 is 11.6. The topological polar surface area (TPSA) is 245 Å². The lowest BCUT2D eigenvalue weighted by Crippen LogP contribution is -2.50. The van der Waals surface area contributed by atoms with Crippen LogP contribution in [0.1, 0.15) is 93.6 Å². The lowest BCUT2D eigenvalue weighted by Gasteiger charge is -2.29. The molecule has 2 aromatic carbocycles. The number of pyridine rings is 2. The minimum Gasteiger partial charge on any atom is -0.476 e. The van der Waals surface area contributed by atoms with Crippen molar-refractivity contribution in [3.63, 3.8) is 0 Å². The molecule has 396 valence electrons. The first-order valence-electron chi connectivity index (χ1n) is 23.4. The summed E-state index contributed by atoms with van der Waals surface area (Å²) in [4.78, 5) is 35.9. The molecule has 0 bridgehead atoms. The summed E-state index contributed by atoms with van der Waals surface area (Å²) in [6, 6.07) is 16.5. The second-order valence-electron chi connectivity index (χ2n) is 18.2. The van der Waals surface area contributed by atoms with Crippen LogP contribution in [0.25, 0.3) is 21.9 Å². The van der Waals surface area contributed by atoms with Gasteiger partial charge in [0.05, 0.1) is 12.1 Å². The molecule has 9 N–H and O–H groups in total. The third-order valence-electron chi connectivity index (χ3n) is 12.4. The van der Waals surface area contributed by atoms with Crippen molar-refractivity contribution in [3.05, 3.63) is 118 Å². The molecule has 2 aliphatic heterocycles. The van der Waals surface area contributed by atoms with Gasteiger partial charge in [-0.05, 0) is 138 Å². The number of carboxylic acid groups (broad SMARTS) is 1. The Morgan fingerprint density at radius 1 is 0.699 bits per heavy atom. The number of nitrogens with zero attached hydrogens (tertiary/aromatic N) is 4. The van der Waals surface area contributed by atoms with Gasteiger partial charge >= 0.3 is 17.8 Å². The molecule has 6 aromatic rings. The number of aromatic nitrogens is 2. The summed E-state index contributed by atoms with van der Waals surface area (Å²) in [6.45, 7) is 4.68. The van der Waals surface area contributed by atoms with E-state index in [0.29, 0.717) is 44.2 Å². The number of rotatable bonds is 17. The summed E-state index contributed by atoms with van der Waals surface area (Å²) in [5, 5.41) is 33.5. The van der Waals surface area contributed by atoms with E-state index >= 15 is 8.78 Å². The number of benzene rings is 2. The fourth-order valence-electron chi connectivity index (χ4n) is 8.11. The van der Waals surface area contributed by atoms with Crippen LogP contribution < -0.4 is 26.7 Å². The number of hydrogen-bond acceptors (Lipinski definition) is 14. The van der Waals surface area contributed by atoms with Crippen LogP contribution in [0.5, 0.6) is 11.8 Å². The highest BCUT2D eigenvalue weighted by Crippen LogP contribution is 2.36. The summed E-state index contributed by atoms with van der Waals surface area (Å²) < 4.78 is 77.7. The van der Waals surface area contributed by atoms with Crippen LogP contribution in [0.2, 0.25) is 10.0 Å². The monoisotopic (exact) mass is 1060 g/mol. The number of ether oxygens (including phenoxy) is 2. The molecule has 1 amide bonds. The zero-order valence-corrected chi connectivity index (χ0v) is 40.6. The number of aliphatic hydroxyl groups excluding tert-OH is 2. The maximum Gasteiger partial charge on any atom is 0.399 e. The number of fused-ring (bicyclic) bond motifs is 2. The van der Waals surface area contributed by atoms with Crippen molar-refractivity contribution in [1.29, 1.82) is 0 Å². The van der Waals surface area contributed by atoms with E-state index in [2.05, 4.69) is 20.2 Å². The van der Waals surface area contributed by atoms with Crippen molar-refractivity contribution < 1.29 is 60.8 Å². The van der Waals surface area contributed by atoms with Gasteiger partial charge in [-0.3, -0.25) is 4.79 Å². The molecule has 73 heavy (non-hydrogen) atoms. The van der Waals surface area contributed by atoms with Crippen molar-refractivity contribution in [1.82, 2.24) is 31.2 Å². The first kappa shape index (κ1) is 56.7. The normalized spacial score (nSPS) is 17.7. The standard InChI is InChI=1S/C25H26ClF2N3O4.C15H23N3O2.C10H5ClF2O3.CH4.H3N/c26-17-4-7-20-16(11-17)12-21(35-20)25(27,28)24(33)30-19(14-31-9-1-2-10-31)23(32)15-3-8-22(29-13-15)34-18-5-6-18;16-13(10-18-7-1-2-8-18)15(19)11-3-6-14(17-9-11)20-12-4-5-12;11-6-1-2-7-5(3-6)4-8(16-7)10(12,13)9(14)15;;/h3-4,7-8,11-13,18-19,23,32H,1-2,5-6,9-10,14H2,(H,30,33);3,6,9,12-13,15,19H,1-2,4-5,7-8,10,16H2;1-4H,(H,14,15);1H4;1H3/t19-,23-;13-,15?;;;/m11.../s1. The van der Waals surface area contributed by atoms with Crippen molar-refractivity contribution in [2.45, 2.75) is 107 Å². The molecule has 4 aliphatic rings. The van der Waals surface area contributed by atoms with Crippen molar-refractivity contribution >= 4 is 57.0 Å². The number of nitrogens with one attached hydrogen (secondary N) is 1. The Morgan fingerprint density at radius 2 is 1.14 bits per heavy atom. The van der Waals surface area contributed by atoms with Gasteiger partial charge in [0.15, 0.2) is 11.5 Å². The van der Waals surface area contributed by atoms with Gasteiger partial charge in [-0.15, -0.1) is 0 Å². The number of amides is 1. The average molecular weight is 1060 g/mol. The molecule has 4 aromatic heterocycles. The van der Waals surface area contributed by atoms with E-state index in [-0.39, 0.29) is 43.4 Å². The third kappa shape index (κ3) is 14.8. The highest BCUT2D eigenvalue weighted by atomic mass is 35.5. The van der Waals surface area contributed by atoms with Gasteiger partial charge in [0.1, 0.15) is 29.5 Å². The van der Waals surface area contributed by atoms with Gasteiger partial charge in [-0.2, -0.15) is 17.6 Å². The second-order valence-corrected chi connectivity index (χ2v) is 19.1. The first-order valence-corrected chi connectivity index (χ1v) is 24.2. The summed E-state index contributed by atoms with van der Waals surface area (Å²) in [5.41, 5.74) is 7.64. The third-order valence-corrected chi connectivity index (χ3v) is 12.8. The SMILES string of the molecule is C.N.N[C@H](CN1CCCC1)C(O)c1ccc(OC2CC2)nc1.O=C(N[C@H](CN1CCCC1)[C@H](O)c1ccc(OC2CC2)nc1)C(F)(F)c1cc2cc(Cl)ccc2o1.O=C(O)C(F)(F)c1cc2cc(Cl)ccc2o1. The van der Waals surface area contributed by atoms with Gasteiger partial charge in [-0.25, -0.2) is 14.8 Å². The van der Waals surface area contributed by atoms with Crippen LogP contribution in [0, 0.1) is 0 Å². The maximum absolute atomic E-state index is 15.1. The van der Waals surface area contributed by atoms with Crippen LogP contribution in [0.3, 0.4) is 0 Å². The van der Waals surface area contributed by atoms with Crippen LogP contribution in [-0.4, -0.2) is 111 Å². The number of halogens is 6. The Labute approximate surface area is 429 Å². The number of carbonyl (C=O) groups excluding carboxylic acids is 1. The predicted octanol–water partition coefficient (Wildman–Crippen LogP) is 9.57. The molecule has 16 nitrogen and oxygen atoms in total. The number of furan rings is 2. The average Bonchev–Trinajstić information content (AvgIpc) is 4.02. The van der Waals surface area contributed by atoms with E-state index in [4.69, 9.17) is 52.4 Å². The molecule has 2 aliphatic carbocycles. The number of carbonyl (C=O) groups is 2. The Morgan fingerprint density at radius 3 is 1.56 bits per heavy atom. The molecule has 0 radical (unpaired) electrons. The molecule has 6 heterocycles. The fourth-order valence-corrected chi connectivity index (χ4v) is 8.47. The lowest BCUT2D eigenvalue weighted by atomic mass is 10.0. The summed E-state index contributed by atoms with van der Waals surface area (Å²) in [7, 11) is 0. The Hall–Kier alpha value is -5.58. The minimum atomic E-state index is -4.04. The van der Waals surface area contributed by atoms with E-state index in [9.17, 15) is 28.6 Å². The maximum atomic E-state index is 15.1. The van der Waals surface area contributed by atoms with E-state index in [1.165, 1.54) is 55.4 Å². The summed E-state index contributed by atoms with van der Waals surface area (Å²) in [6.07, 6.45) is 10.4. The highest BCUT2D eigenvalue weighted by Gasteiger charge is 2.47. The van der Waals surface area contributed by atoms with E-state index in [0.717, 1.165) is 88.9 Å². The van der Waals surface area contributed by atoms with Crippen molar-refractivity contribution in [2.75, 3.05) is 39.3 Å². The van der Waals surface area contributed by atoms with Crippen LogP contribution in [-0.2, 0) is 21.4 Å². The number of alkyl halides is 4. The number of aliphatic carboxylic acids is 1. The van der Waals surface area contributed by atoms with Gasteiger partial charge < -0.3 is 60.6 Å². The molecule has 2 saturated carbocycles. The largest absolute Gasteiger partial charge is 0.476 e. The van der Waals surface area contributed by atoms with E-state index in [1.54, 1.807) is 18.3 Å². The molecule has 2 saturated heterocycles. The van der Waals surface area contributed by atoms with Crippen molar-refractivity contribution in [2.24, 2.45) is 5.73 Å². The molecule has 4 atom stereocenters. The van der Waals surface area contributed by atoms with Gasteiger partial charge in [0.25, 0.3) is 5.91 Å². The number of aliphatic hydroxyl groups is 2. The lowest BCUT2D eigenvalue weighted by molar-refractivity contribution is -0.168. The molecule has 22 heteroatoms. The highest BCUT2D eigenvalue weighted by molar-refractivity contribution is 6.31. The van der Waals surface area contributed by atoms with Crippen LogP contribution in [0.4, 0.5) is 17.6 Å². The zero-order valence-electron chi connectivity index (χ0n) is 39.1. The molecule has 10 rings (SSSR count). The quantitative estimate of drug-likeness (QED) is 0.0466. The Kier molecular flexibility index (Phi) is 19.1. The number of likely N-dealkylation sites (tertiary alicyclic amines) is 2. The minimum absolute atomic E-state index is 0. The van der Waals surface area contributed by atoms with Gasteiger partial charge in [0, 0.05) is 75.6 Å². The number of carboxylic acids is 1. The van der Waals surface area contributed by atoms with Crippen LogP contribution in [0.15, 0.2) is 94.0 Å². The zero-order chi connectivity index (χ0) is 50.5. The molecular formula is C51H61Cl2F4N7O9. The number of nitrogens with two attached hydrogens (primary N) is 1. The van der Waals surface area contributed by atoms with Gasteiger partial charge in [0.2, 0.25) is 11.8 Å². The predicted molar refractivity (Wildman–Crippen MR) is 267 cm³/mol. The summed E-state index contributed by atoms with van der Waals surface area (Å²) in [5.74, 6) is -12.4. The Bertz CT molecular complexity index is 2750. The first-order chi connectivity index (χ1) is 33.9. The number of hydrogen-bond donors (Lipinski definition) is 6. The molecule has 0 spiro atoms. The Balaban J connectivity index is 0.000000194. The molecular weight excluding hydrogens is 1000 g/mol. The van der Waals surface area contributed by atoms with Gasteiger partial charge in [-0.1, -0.05) is 30.6 Å². The van der Waals surface area contributed by atoms with Crippen LogP contribution >= 0.6 is 23.2 Å².